The van der Waals surface area contributed by atoms with Gasteiger partial charge in [0.1, 0.15) is 12.2 Å². The number of primary amides is 1. The molecule has 0 aliphatic carbocycles. The molecule has 0 radical (unpaired) electrons. The Labute approximate surface area is 112 Å². The Morgan fingerprint density at radius 2 is 2.42 bits per heavy atom. The normalized spacial score (nSPS) is 19.2. The van der Waals surface area contributed by atoms with Crippen LogP contribution in [0.25, 0.3) is 0 Å². The molecule has 1 aromatic heterocycles. The maximum Gasteiger partial charge on any atom is 0.329 e. The number of halogens is 1. The molecule has 10 heteroatoms. The number of hydrogen-bond acceptors (Lipinski definition) is 7. The van der Waals surface area contributed by atoms with Crippen molar-refractivity contribution < 1.29 is 14.5 Å². The van der Waals surface area contributed by atoms with Crippen molar-refractivity contribution in [3.05, 3.63) is 21.6 Å². The Balaban J connectivity index is 2.46. The highest BCUT2D eigenvalue weighted by atomic mass is 35.5. The van der Waals surface area contributed by atoms with Crippen molar-refractivity contribution >= 4 is 29.0 Å². The van der Waals surface area contributed by atoms with Crippen molar-refractivity contribution in [2.24, 2.45) is 5.73 Å². The quantitative estimate of drug-likeness (QED) is 0.461. The third-order valence-electron chi connectivity index (χ3n) is 2.65. The van der Waals surface area contributed by atoms with E-state index < -0.39 is 16.9 Å². The number of nitrogens with zero attached hydrogens (tertiary/aromatic N) is 4. The second-order valence-electron chi connectivity index (χ2n) is 3.79. The fraction of sp³-hybridized carbons (Fsp3) is 0.444. The number of aromatic nitrogens is 2. The Morgan fingerprint density at radius 3 is 3.05 bits per heavy atom. The van der Waals surface area contributed by atoms with E-state index in [2.05, 4.69) is 9.97 Å². The first-order valence-electron chi connectivity index (χ1n) is 5.31. The first-order chi connectivity index (χ1) is 9.00. The zero-order valence-corrected chi connectivity index (χ0v) is 10.4. The van der Waals surface area contributed by atoms with Gasteiger partial charge in [0.2, 0.25) is 17.0 Å². The lowest BCUT2D eigenvalue weighted by atomic mass is 10.2. The molecule has 0 saturated carbocycles. The van der Waals surface area contributed by atoms with Gasteiger partial charge in [-0.3, -0.25) is 14.9 Å². The lowest BCUT2D eigenvalue weighted by Crippen LogP contribution is -2.53. The van der Waals surface area contributed by atoms with Crippen LogP contribution in [0, 0.1) is 10.1 Å². The molecule has 0 bridgehead atoms. The summed E-state index contributed by atoms with van der Waals surface area (Å²) in [7, 11) is 0. The lowest BCUT2D eigenvalue weighted by Gasteiger charge is -2.33. The largest absolute Gasteiger partial charge is 0.377 e. The van der Waals surface area contributed by atoms with Crippen molar-refractivity contribution in [3.8, 4) is 0 Å². The number of rotatable bonds is 3. The summed E-state index contributed by atoms with van der Waals surface area (Å²) in [5.41, 5.74) is 4.92. The van der Waals surface area contributed by atoms with E-state index >= 15 is 0 Å². The third-order valence-corrected chi connectivity index (χ3v) is 2.83. The molecule has 1 unspecified atom stereocenters. The van der Waals surface area contributed by atoms with Gasteiger partial charge < -0.3 is 15.4 Å². The van der Waals surface area contributed by atoms with Gasteiger partial charge in [0, 0.05) is 6.54 Å². The van der Waals surface area contributed by atoms with E-state index in [1.807, 2.05) is 0 Å². The average molecular weight is 288 g/mol. The molecular weight excluding hydrogens is 278 g/mol. The number of morpholine rings is 1. The predicted octanol–water partition coefficient (Wildman–Crippen LogP) is -0.271. The number of nitrogens with two attached hydrogens (primary N) is 1. The monoisotopic (exact) mass is 287 g/mol. The summed E-state index contributed by atoms with van der Waals surface area (Å²) in [4.78, 5) is 30.5. The minimum Gasteiger partial charge on any atom is -0.377 e. The maximum atomic E-state index is 11.4. The zero-order valence-electron chi connectivity index (χ0n) is 9.65. The van der Waals surface area contributed by atoms with Crippen molar-refractivity contribution in [1.82, 2.24) is 9.97 Å². The SMILES string of the molecule is NC(=O)C1COCCN1c1nc(Cl)ncc1[N+](=O)[O-]. The smallest absolute Gasteiger partial charge is 0.329 e. The van der Waals surface area contributed by atoms with Crippen LogP contribution in [0.5, 0.6) is 0 Å². The summed E-state index contributed by atoms with van der Waals surface area (Å²) < 4.78 is 5.14. The van der Waals surface area contributed by atoms with Gasteiger partial charge in [-0.05, 0) is 11.6 Å². The number of carbonyl (C=O) groups is 1. The van der Waals surface area contributed by atoms with Gasteiger partial charge in [0.05, 0.1) is 18.1 Å². The Morgan fingerprint density at radius 1 is 1.68 bits per heavy atom. The molecule has 1 fully saturated rings. The van der Waals surface area contributed by atoms with Crippen LogP contribution in [0.2, 0.25) is 5.28 Å². The van der Waals surface area contributed by atoms with E-state index in [1.165, 1.54) is 4.90 Å². The van der Waals surface area contributed by atoms with Crippen molar-refractivity contribution in [3.63, 3.8) is 0 Å². The minimum atomic E-state index is -0.821. The number of amides is 1. The molecule has 19 heavy (non-hydrogen) atoms. The predicted molar refractivity (Wildman–Crippen MR) is 64.8 cm³/mol. The molecular formula is C9H10ClN5O4. The van der Waals surface area contributed by atoms with E-state index in [1.54, 1.807) is 0 Å². The van der Waals surface area contributed by atoms with E-state index in [-0.39, 0.29) is 29.9 Å². The van der Waals surface area contributed by atoms with Crippen LogP contribution in [0.4, 0.5) is 11.5 Å². The highest BCUT2D eigenvalue weighted by molar-refractivity contribution is 6.28. The zero-order chi connectivity index (χ0) is 14.0. The van der Waals surface area contributed by atoms with Gasteiger partial charge in [-0.25, -0.2) is 4.98 Å². The van der Waals surface area contributed by atoms with Crippen LogP contribution < -0.4 is 10.6 Å². The van der Waals surface area contributed by atoms with Crippen LogP contribution in [0.1, 0.15) is 0 Å². The number of ether oxygens (including phenoxy) is 1. The number of nitro groups is 1. The summed E-state index contributed by atoms with van der Waals surface area (Å²) in [6.45, 7) is 0.610. The Bertz CT molecular complexity index is 525. The molecule has 2 N–H and O–H groups in total. The van der Waals surface area contributed by atoms with E-state index in [0.29, 0.717) is 6.61 Å². The fourth-order valence-electron chi connectivity index (χ4n) is 1.78. The summed E-state index contributed by atoms with van der Waals surface area (Å²) in [6, 6.07) is -0.821. The Kier molecular flexibility index (Phi) is 3.76. The minimum absolute atomic E-state index is 0.0305. The highest BCUT2D eigenvalue weighted by Crippen LogP contribution is 2.28. The van der Waals surface area contributed by atoms with E-state index in [4.69, 9.17) is 22.1 Å². The van der Waals surface area contributed by atoms with Crippen LogP contribution in [0.3, 0.4) is 0 Å². The van der Waals surface area contributed by atoms with E-state index in [0.717, 1.165) is 6.20 Å². The Hall–Kier alpha value is -2.00. The molecule has 2 heterocycles. The number of carbonyl (C=O) groups excluding carboxylic acids is 1. The second kappa shape index (κ2) is 5.33. The van der Waals surface area contributed by atoms with Crippen LogP contribution in [0.15, 0.2) is 6.20 Å². The summed E-state index contributed by atoms with van der Waals surface area (Å²) in [6.07, 6.45) is 0.998. The van der Waals surface area contributed by atoms with Crippen molar-refractivity contribution in [1.29, 1.82) is 0 Å². The fourth-order valence-corrected chi connectivity index (χ4v) is 1.91. The maximum absolute atomic E-state index is 11.4. The molecule has 0 aromatic carbocycles. The molecule has 1 aliphatic rings. The lowest BCUT2D eigenvalue weighted by molar-refractivity contribution is -0.384. The third kappa shape index (κ3) is 2.71. The topological polar surface area (TPSA) is 124 Å². The average Bonchev–Trinajstić information content (AvgIpc) is 2.38. The van der Waals surface area contributed by atoms with Gasteiger partial charge in [-0.2, -0.15) is 4.98 Å². The summed E-state index contributed by atoms with van der Waals surface area (Å²) >= 11 is 5.65. The van der Waals surface area contributed by atoms with Gasteiger partial charge in [-0.15, -0.1) is 0 Å². The van der Waals surface area contributed by atoms with E-state index in [9.17, 15) is 14.9 Å². The number of anilines is 1. The molecule has 1 saturated heterocycles. The number of hydrogen-bond donors (Lipinski definition) is 1. The molecule has 1 atom stereocenters. The van der Waals surface area contributed by atoms with Crippen molar-refractivity contribution in [2.75, 3.05) is 24.7 Å². The molecule has 1 amide bonds. The first kappa shape index (κ1) is 13.4. The molecule has 0 spiro atoms. The van der Waals surface area contributed by atoms with Gasteiger partial charge in [0.25, 0.3) is 0 Å². The second-order valence-corrected chi connectivity index (χ2v) is 4.13. The van der Waals surface area contributed by atoms with Crippen molar-refractivity contribution in [2.45, 2.75) is 6.04 Å². The molecule has 102 valence electrons. The first-order valence-corrected chi connectivity index (χ1v) is 5.69. The summed E-state index contributed by atoms with van der Waals surface area (Å²) in [5.74, 6) is -0.680. The van der Waals surface area contributed by atoms with Gasteiger partial charge in [0.15, 0.2) is 0 Å². The van der Waals surface area contributed by atoms with Gasteiger partial charge >= 0.3 is 5.69 Å². The highest BCUT2D eigenvalue weighted by Gasteiger charge is 2.33. The van der Waals surface area contributed by atoms with Crippen LogP contribution >= 0.6 is 11.6 Å². The molecule has 1 aliphatic heterocycles. The molecule has 2 rings (SSSR count). The molecule has 1 aromatic rings. The van der Waals surface area contributed by atoms with Crippen LogP contribution in [-0.4, -0.2) is 46.6 Å². The van der Waals surface area contributed by atoms with Crippen LogP contribution in [-0.2, 0) is 9.53 Å². The standard InChI is InChI=1S/C9H10ClN5O4/c10-9-12-3-5(15(17)18)8(13-9)14-1-2-19-4-6(14)7(11)16/h3,6H,1-2,4H2,(H2,11,16). The summed E-state index contributed by atoms with van der Waals surface area (Å²) in [5, 5.41) is 10.8. The molecule has 9 nitrogen and oxygen atoms in total. The van der Waals surface area contributed by atoms with Gasteiger partial charge in [-0.1, -0.05) is 0 Å².